The summed E-state index contributed by atoms with van der Waals surface area (Å²) in [6.07, 6.45) is 1.80. The maximum absolute atomic E-state index is 13.4. The Labute approximate surface area is 127 Å². The molecule has 2 rings (SSSR count). The van der Waals surface area contributed by atoms with Crippen LogP contribution < -0.4 is 5.32 Å². The third kappa shape index (κ3) is 4.15. The van der Waals surface area contributed by atoms with Gasteiger partial charge in [0.25, 0.3) is 0 Å². The first-order valence-electron chi connectivity index (χ1n) is 7.48. The molecule has 1 N–H and O–H groups in total. The van der Waals surface area contributed by atoms with Crippen LogP contribution in [0.2, 0.25) is 0 Å². The zero-order chi connectivity index (χ0) is 15.4. The fourth-order valence-corrected chi connectivity index (χ4v) is 2.69. The van der Waals surface area contributed by atoms with Crippen molar-refractivity contribution in [1.82, 2.24) is 5.32 Å². The third-order valence-corrected chi connectivity index (χ3v) is 4.16. The molecule has 1 atom stereocenters. The number of hydrogen-bond acceptors (Lipinski definition) is 1. The van der Waals surface area contributed by atoms with Crippen LogP contribution in [0, 0.1) is 26.6 Å². The molecule has 21 heavy (non-hydrogen) atoms. The Balaban J connectivity index is 2.16. The number of benzene rings is 2. The molecular formula is C19H24FN. The van der Waals surface area contributed by atoms with Crippen LogP contribution in [0.15, 0.2) is 36.4 Å². The van der Waals surface area contributed by atoms with E-state index in [1.807, 2.05) is 20.0 Å². The van der Waals surface area contributed by atoms with Crippen molar-refractivity contribution in [1.29, 1.82) is 0 Å². The first-order valence-corrected chi connectivity index (χ1v) is 7.48. The lowest BCUT2D eigenvalue weighted by Crippen LogP contribution is -2.30. The zero-order valence-corrected chi connectivity index (χ0v) is 13.3. The summed E-state index contributed by atoms with van der Waals surface area (Å²) in [6.45, 7) is 6.31. The van der Waals surface area contributed by atoms with Gasteiger partial charge < -0.3 is 5.32 Å². The van der Waals surface area contributed by atoms with Gasteiger partial charge in [-0.2, -0.15) is 0 Å². The summed E-state index contributed by atoms with van der Waals surface area (Å²) in [4.78, 5) is 0. The van der Waals surface area contributed by atoms with Crippen molar-refractivity contribution in [2.45, 2.75) is 39.7 Å². The van der Waals surface area contributed by atoms with Crippen LogP contribution in [0.1, 0.15) is 27.8 Å². The first-order chi connectivity index (χ1) is 9.99. The monoisotopic (exact) mass is 285 g/mol. The van der Waals surface area contributed by atoms with Crippen molar-refractivity contribution >= 4 is 0 Å². The summed E-state index contributed by atoms with van der Waals surface area (Å²) in [6, 6.07) is 11.9. The fourth-order valence-electron chi connectivity index (χ4n) is 2.69. The quantitative estimate of drug-likeness (QED) is 0.871. The third-order valence-electron chi connectivity index (χ3n) is 4.16. The second-order valence-electron chi connectivity index (χ2n) is 5.89. The number of halogens is 1. The topological polar surface area (TPSA) is 12.0 Å². The van der Waals surface area contributed by atoms with E-state index in [0.717, 1.165) is 24.0 Å². The van der Waals surface area contributed by atoms with E-state index in [1.165, 1.54) is 22.8 Å². The van der Waals surface area contributed by atoms with E-state index in [1.54, 1.807) is 6.07 Å². The largest absolute Gasteiger partial charge is 0.316 e. The summed E-state index contributed by atoms with van der Waals surface area (Å²) < 4.78 is 13.4. The van der Waals surface area contributed by atoms with Crippen LogP contribution in [0.5, 0.6) is 0 Å². The van der Waals surface area contributed by atoms with Gasteiger partial charge in [0, 0.05) is 6.04 Å². The van der Waals surface area contributed by atoms with Crippen LogP contribution >= 0.6 is 0 Å². The van der Waals surface area contributed by atoms with Crippen molar-refractivity contribution in [3.8, 4) is 0 Å². The maximum atomic E-state index is 13.4. The summed E-state index contributed by atoms with van der Waals surface area (Å²) in [5.41, 5.74) is 6.20. The maximum Gasteiger partial charge on any atom is 0.123 e. The van der Waals surface area contributed by atoms with Gasteiger partial charge in [-0.05, 0) is 75.0 Å². The summed E-state index contributed by atoms with van der Waals surface area (Å²) >= 11 is 0. The average Bonchev–Trinajstić information content (AvgIpc) is 2.45. The molecular weight excluding hydrogens is 261 g/mol. The lowest BCUT2D eigenvalue weighted by molar-refractivity contribution is 0.550. The minimum absolute atomic E-state index is 0.155. The fraction of sp³-hybridized carbons (Fsp3) is 0.368. The van der Waals surface area contributed by atoms with Gasteiger partial charge in [0.15, 0.2) is 0 Å². The summed E-state index contributed by atoms with van der Waals surface area (Å²) in [7, 11) is 1.98. The van der Waals surface area contributed by atoms with E-state index in [-0.39, 0.29) is 5.82 Å². The molecule has 0 saturated carbocycles. The molecule has 0 radical (unpaired) electrons. The zero-order valence-electron chi connectivity index (χ0n) is 13.3. The van der Waals surface area contributed by atoms with E-state index in [0.29, 0.717) is 6.04 Å². The Bertz CT molecular complexity index is 565. The lowest BCUT2D eigenvalue weighted by atomic mass is 9.93. The lowest BCUT2D eigenvalue weighted by Gasteiger charge is -2.19. The second kappa shape index (κ2) is 6.86. The molecule has 0 heterocycles. The van der Waals surface area contributed by atoms with Crippen LogP contribution in [-0.4, -0.2) is 13.1 Å². The molecule has 1 nitrogen and oxygen atoms in total. The van der Waals surface area contributed by atoms with Crippen LogP contribution in [0.25, 0.3) is 0 Å². The molecule has 0 aliphatic rings. The van der Waals surface area contributed by atoms with Crippen molar-refractivity contribution in [3.63, 3.8) is 0 Å². The molecule has 0 amide bonds. The Kier molecular flexibility index (Phi) is 5.13. The summed E-state index contributed by atoms with van der Waals surface area (Å²) in [5.74, 6) is -0.155. The highest BCUT2D eigenvalue weighted by Gasteiger charge is 2.12. The van der Waals surface area contributed by atoms with Gasteiger partial charge in [-0.3, -0.25) is 0 Å². The van der Waals surface area contributed by atoms with Gasteiger partial charge in [-0.25, -0.2) is 4.39 Å². The van der Waals surface area contributed by atoms with Gasteiger partial charge in [-0.15, -0.1) is 0 Å². The van der Waals surface area contributed by atoms with Crippen LogP contribution in [0.4, 0.5) is 4.39 Å². The Morgan fingerprint density at radius 3 is 2.10 bits per heavy atom. The van der Waals surface area contributed by atoms with Crippen molar-refractivity contribution in [2.24, 2.45) is 0 Å². The number of rotatable bonds is 5. The average molecular weight is 285 g/mol. The minimum Gasteiger partial charge on any atom is -0.316 e. The highest BCUT2D eigenvalue weighted by molar-refractivity contribution is 5.32. The number of hydrogen-bond donors (Lipinski definition) is 1. The molecule has 0 bridgehead atoms. The number of aryl methyl sites for hydroxylation is 3. The molecule has 0 aliphatic carbocycles. The van der Waals surface area contributed by atoms with Gasteiger partial charge in [-0.1, -0.05) is 29.8 Å². The summed E-state index contributed by atoms with van der Waals surface area (Å²) in [5, 5.41) is 3.37. The molecule has 2 aromatic rings. The molecule has 2 aromatic carbocycles. The molecule has 0 aliphatic heterocycles. The van der Waals surface area contributed by atoms with Gasteiger partial charge in [0.2, 0.25) is 0 Å². The normalized spacial score (nSPS) is 12.4. The highest BCUT2D eigenvalue weighted by Crippen LogP contribution is 2.17. The molecule has 0 aromatic heterocycles. The van der Waals surface area contributed by atoms with E-state index in [2.05, 4.69) is 37.4 Å². The highest BCUT2D eigenvalue weighted by atomic mass is 19.1. The van der Waals surface area contributed by atoms with E-state index in [9.17, 15) is 4.39 Å². The van der Waals surface area contributed by atoms with Crippen molar-refractivity contribution in [2.75, 3.05) is 7.05 Å². The predicted octanol–water partition coefficient (Wildman–Crippen LogP) is 4.12. The Hall–Kier alpha value is -1.67. The van der Waals surface area contributed by atoms with Crippen molar-refractivity contribution < 1.29 is 4.39 Å². The molecule has 0 saturated heterocycles. The van der Waals surface area contributed by atoms with E-state index >= 15 is 0 Å². The molecule has 0 fully saturated rings. The predicted molar refractivity (Wildman–Crippen MR) is 87.3 cm³/mol. The van der Waals surface area contributed by atoms with Crippen LogP contribution in [0.3, 0.4) is 0 Å². The number of nitrogens with one attached hydrogen (secondary N) is 1. The molecule has 2 heteroatoms. The smallest absolute Gasteiger partial charge is 0.123 e. The Morgan fingerprint density at radius 1 is 0.905 bits per heavy atom. The second-order valence-corrected chi connectivity index (χ2v) is 5.89. The van der Waals surface area contributed by atoms with Crippen molar-refractivity contribution in [3.05, 3.63) is 70.0 Å². The minimum atomic E-state index is -0.155. The Morgan fingerprint density at radius 2 is 1.48 bits per heavy atom. The van der Waals surface area contributed by atoms with Crippen LogP contribution in [-0.2, 0) is 12.8 Å². The van der Waals surface area contributed by atoms with Gasteiger partial charge in [0.05, 0.1) is 0 Å². The number of likely N-dealkylation sites (N-methyl/N-ethyl adjacent to an activating group) is 1. The molecule has 1 unspecified atom stereocenters. The van der Waals surface area contributed by atoms with Gasteiger partial charge in [0.1, 0.15) is 5.82 Å². The SMILES string of the molecule is CNC(Cc1cc(C)ccc1C)Cc1cc(F)ccc1C. The van der Waals surface area contributed by atoms with E-state index < -0.39 is 0 Å². The molecule has 112 valence electrons. The standard InChI is InChI=1S/C19H24FN/c1-13-5-6-14(2)16(9-13)11-19(21-4)12-17-10-18(20)8-7-15(17)3/h5-10,19,21H,11-12H2,1-4H3. The first kappa shape index (κ1) is 15.7. The van der Waals surface area contributed by atoms with Gasteiger partial charge >= 0.3 is 0 Å². The molecule has 0 spiro atoms. The van der Waals surface area contributed by atoms with E-state index in [4.69, 9.17) is 0 Å².